The third-order valence-corrected chi connectivity index (χ3v) is 1.98. The fraction of sp³-hybridized carbons (Fsp3) is 0.286. The van der Waals surface area contributed by atoms with Gasteiger partial charge in [-0.1, -0.05) is 60.8 Å². The van der Waals surface area contributed by atoms with Crippen molar-refractivity contribution in [3.8, 4) is 0 Å². The molecular formula is C14H18. The summed E-state index contributed by atoms with van der Waals surface area (Å²) in [5.41, 5.74) is 0. The molecule has 1 rings (SSSR count). The molecular weight excluding hydrogens is 168 g/mol. The first kappa shape index (κ1) is 10.8. The van der Waals surface area contributed by atoms with Crippen molar-refractivity contribution in [1.29, 1.82) is 0 Å². The van der Waals surface area contributed by atoms with Crippen molar-refractivity contribution in [1.82, 2.24) is 0 Å². The van der Waals surface area contributed by atoms with Crippen molar-refractivity contribution in [3.05, 3.63) is 60.8 Å². The highest BCUT2D eigenvalue weighted by atomic mass is 13.8. The second kappa shape index (κ2) is 8.31. The van der Waals surface area contributed by atoms with Crippen molar-refractivity contribution in [3.63, 3.8) is 0 Å². The molecule has 0 heteroatoms. The highest BCUT2D eigenvalue weighted by Gasteiger charge is 1.77. The summed E-state index contributed by atoms with van der Waals surface area (Å²) in [7, 11) is 0. The minimum absolute atomic E-state index is 1.03. The van der Waals surface area contributed by atoms with E-state index >= 15 is 0 Å². The Bertz CT molecular complexity index is 262. The summed E-state index contributed by atoms with van der Waals surface area (Å²) in [6.07, 6.45) is 26.0. The molecule has 0 aromatic heterocycles. The summed E-state index contributed by atoms with van der Waals surface area (Å²) in [5, 5.41) is 0. The summed E-state index contributed by atoms with van der Waals surface area (Å²) < 4.78 is 0. The summed E-state index contributed by atoms with van der Waals surface area (Å²) in [6, 6.07) is 0. The van der Waals surface area contributed by atoms with Crippen molar-refractivity contribution in [2.24, 2.45) is 0 Å². The molecule has 0 aliphatic heterocycles. The van der Waals surface area contributed by atoms with Gasteiger partial charge in [0.15, 0.2) is 0 Å². The number of hydrogen-bond acceptors (Lipinski definition) is 0. The van der Waals surface area contributed by atoms with Gasteiger partial charge in [0.25, 0.3) is 0 Å². The molecule has 0 heterocycles. The Hall–Kier alpha value is -1.30. The van der Waals surface area contributed by atoms with E-state index in [9.17, 15) is 0 Å². The van der Waals surface area contributed by atoms with Gasteiger partial charge in [0, 0.05) is 0 Å². The van der Waals surface area contributed by atoms with E-state index in [1.165, 1.54) is 0 Å². The smallest absolute Gasteiger partial charge is 0.0166 e. The average Bonchev–Trinajstić information content (AvgIpc) is 2.22. The van der Waals surface area contributed by atoms with E-state index in [0.717, 1.165) is 25.7 Å². The molecule has 0 nitrogen and oxygen atoms in total. The molecule has 0 saturated carbocycles. The van der Waals surface area contributed by atoms with E-state index in [-0.39, 0.29) is 0 Å². The van der Waals surface area contributed by atoms with Crippen molar-refractivity contribution >= 4 is 0 Å². The van der Waals surface area contributed by atoms with Gasteiger partial charge in [0.2, 0.25) is 0 Å². The number of hydrogen-bond donors (Lipinski definition) is 0. The Labute approximate surface area is 87.0 Å². The predicted octanol–water partition coefficient (Wildman–Crippen LogP) is 4.34. The van der Waals surface area contributed by atoms with Gasteiger partial charge in [-0.3, -0.25) is 0 Å². The molecule has 0 aromatic carbocycles. The molecule has 74 valence electrons. The van der Waals surface area contributed by atoms with Crippen LogP contribution in [0.3, 0.4) is 0 Å². The molecule has 0 fully saturated rings. The fourth-order valence-corrected chi connectivity index (χ4v) is 1.22. The maximum Gasteiger partial charge on any atom is -0.0166 e. The largest absolute Gasteiger partial charge is 0.0879 e. The summed E-state index contributed by atoms with van der Waals surface area (Å²) in [4.78, 5) is 0. The Balaban J connectivity index is 2.45. The van der Waals surface area contributed by atoms with Crippen LogP contribution in [0.25, 0.3) is 0 Å². The van der Waals surface area contributed by atoms with Crippen LogP contribution in [0.5, 0.6) is 0 Å². The van der Waals surface area contributed by atoms with Gasteiger partial charge >= 0.3 is 0 Å². The second-order valence-electron chi connectivity index (χ2n) is 3.23. The molecule has 0 spiro atoms. The SMILES string of the molecule is C1=CCC/C=C/C/C=C/C/C=C/C=C\1. The average molecular weight is 186 g/mol. The van der Waals surface area contributed by atoms with Crippen LogP contribution in [0, 0.1) is 0 Å². The Morgan fingerprint density at radius 1 is 0.429 bits per heavy atom. The quantitative estimate of drug-likeness (QED) is 0.494. The third-order valence-electron chi connectivity index (χ3n) is 1.98. The number of allylic oxidation sites excluding steroid dienone is 10. The lowest BCUT2D eigenvalue weighted by molar-refractivity contribution is 1.04. The molecule has 0 unspecified atom stereocenters. The van der Waals surface area contributed by atoms with Crippen molar-refractivity contribution in [2.45, 2.75) is 25.7 Å². The lowest BCUT2D eigenvalue weighted by atomic mass is 10.2. The normalized spacial score (nSPS) is 27.4. The van der Waals surface area contributed by atoms with E-state index in [0.29, 0.717) is 0 Å². The molecule has 0 saturated heterocycles. The van der Waals surface area contributed by atoms with Crippen molar-refractivity contribution in [2.75, 3.05) is 0 Å². The lowest BCUT2D eigenvalue weighted by Crippen LogP contribution is -1.66. The van der Waals surface area contributed by atoms with Crippen LogP contribution in [0.15, 0.2) is 60.8 Å². The minimum Gasteiger partial charge on any atom is -0.0879 e. The van der Waals surface area contributed by atoms with Crippen LogP contribution < -0.4 is 0 Å². The maximum absolute atomic E-state index is 2.25. The van der Waals surface area contributed by atoms with Gasteiger partial charge in [-0.05, 0) is 25.7 Å². The zero-order valence-electron chi connectivity index (χ0n) is 8.60. The first-order valence-corrected chi connectivity index (χ1v) is 5.28. The van der Waals surface area contributed by atoms with Crippen molar-refractivity contribution < 1.29 is 0 Å². The lowest BCUT2D eigenvalue weighted by Gasteiger charge is -1.87. The minimum atomic E-state index is 1.03. The van der Waals surface area contributed by atoms with Crippen LogP contribution >= 0.6 is 0 Å². The van der Waals surface area contributed by atoms with Crippen LogP contribution in [-0.4, -0.2) is 0 Å². The zero-order valence-corrected chi connectivity index (χ0v) is 8.60. The topological polar surface area (TPSA) is 0 Å². The zero-order chi connectivity index (χ0) is 9.90. The first-order valence-electron chi connectivity index (χ1n) is 5.28. The van der Waals surface area contributed by atoms with Crippen LogP contribution in [0.1, 0.15) is 25.7 Å². The standard InChI is InChI=1S/C14H18/c1-2-4-6-8-10-12-14-13-11-9-7-5-3-1/h1-6,9,11-12,14H,7-8,10,13H2/b2-1-,5-3+,6-4?,11-9+,14-12+. The fourth-order valence-electron chi connectivity index (χ4n) is 1.22. The summed E-state index contributed by atoms with van der Waals surface area (Å²) in [6.45, 7) is 0. The molecule has 0 radical (unpaired) electrons. The molecule has 0 aromatic rings. The van der Waals surface area contributed by atoms with E-state index in [4.69, 9.17) is 0 Å². The Morgan fingerprint density at radius 3 is 1.86 bits per heavy atom. The highest BCUT2D eigenvalue weighted by molar-refractivity contribution is 5.12. The van der Waals surface area contributed by atoms with Gasteiger partial charge in [-0.15, -0.1) is 0 Å². The predicted molar refractivity (Wildman–Crippen MR) is 64.2 cm³/mol. The first-order chi connectivity index (χ1) is 7.00. The molecule has 14 heavy (non-hydrogen) atoms. The van der Waals surface area contributed by atoms with E-state index < -0.39 is 0 Å². The summed E-state index contributed by atoms with van der Waals surface area (Å²) >= 11 is 0. The Morgan fingerprint density at radius 2 is 1.00 bits per heavy atom. The van der Waals surface area contributed by atoms with E-state index in [1.54, 1.807) is 0 Å². The highest BCUT2D eigenvalue weighted by Crippen LogP contribution is 1.97. The van der Waals surface area contributed by atoms with E-state index in [2.05, 4.69) is 60.8 Å². The summed E-state index contributed by atoms with van der Waals surface area (Å²) in [5.74, 6) is 0. The van der Waals surface area contributed by atoms with Crippen LogP contribution in [0.2, 0.25) is 0 Å². The van der Waals surface area contributed by atoms with Gasteiger partial charge in [0.05, 0.1) is 0 Å². The molecule has 1 aliphatic rings. The molecule has 0 atom stereocenters. The van der Waals surface area contributed by atoms with Gasteiger partial charge < -0.3 is 0 Å². The monoisotopic (exact) mass is 186 g/mol. The molecule has 0 bridgehead atoms. The maximum atomic E-state index is 2.25. The van der Waals surface area contributed by atoms with Crippen LogP contribution in [0.4, 0.5) is 0 Å². The van der Waals surface area contributed by atoms with Gasteiger partial charge in [-0.2, -0.15) is 0 Å². The Kier molecular flexibility index (Phi) is 6.39. The molecule has 0 N–H and O–H groups in total. The second-order valence-corrected chi connectivity index (χ2v) is 3.23. The molecule has 1 aliphatic carbocycles. The van der Waals surface area contributed by atoms with E-state index in [1.807, 2.05) is 0 Å². The molecule has 0 amide bonds. The van der Waals surface area contributed by atoms with Crippen LogP contribution in [-0.2, 0) is 0 Å². The number of rotatable bonds is 0. The third kappa shape index (κ3) is 6.24. The van der Waals surface area contributed by atoms with Gasteiger partial charge in [0.1, 0.15) is 0 Å². The van der Waals surface area contributed by atoms with Gasteiger partial charge in [-0.25, -0.2) is 0 Å².